The van der Waals surface area contributed by atoms with Crippen molar-refractivity contribution in [2.75, 3.05) is 4.90 Å². The van der Waals surface area contributed by atoms with Gasteiger partial charge in [0, 0.05) is 43.4 Å². The van der Waals surface area contributed by atoms with Crippen molar-refractivity contribution < 1.29 is 0 Å². The fourth-order valence-corrected chi connectivity index (χ4v) is 12.6. The Bertz CT molecular complexity index is 3220. The molecule has 4 aliphatic rings. The molecule has 1 spiro atoms. The molecular weight excluding hydrogens is 733 g/mol. The minimum Gasteiger partial charge on any atom is -0.310 e. The van der Waals surface area contributed by atoms with Crippen molar-refractivity contribution in [2.45, 2.75) is 27.9 Å². The molecule has 0 bridgehead atoms. The van der Waals surface area contributed by atoms with Crippen molar-refractivity contribution in [1.82, 2.24) is 4.57 Å². The number of allylic oxidation sites excluding steroid dienone is 3. The summed E-state index contributed by atoms with van der Waals surface area (Å²) < 4.78 is 2.57. The van der Waals surface area contributed by atoms with Crippen molar-refractivity contribution in [3.8, 4) is 27.9 Å². The molecule has 0 fully saturated rings. The molecule has 2 unspecified atom stereocenters. The highest BCUT2D eigenvalue weighted by Gasteiger charge is 2.53. The fraction of sp³-hybridized carbons (Fsp3) is 0.0714. The third-order valence-corrected chi connectivity index (χ3v) is 15.0. The van der Waals surface area contributed by atoms with Crippen LogP contribution >= 0.6 is 11.8 Å². The molecule has 0 amide bonds. The molecule has 0 radical (unpaired) electrons. The lowest BCUT2D eigenvalue weighted by Crippen LogP contribution is -2.34. The van der Waals surface area contributed by atoms with Crippen LogP contribution in [0.5, 0.6) is 0 Å². The maximum atomic E-state index is 2.62. The van der Waals surface area contributed by atoms with Crippen LogP contribution in [0.1, 0.15) is 40.7 Å². The highest BCUT2D eigenvalue weighted by Crippen LogP contribution is 2.66. The Labute approximate surface area is 348 Å². The molecule has 3 heterocycles. The van der Waals surface area contributed by atoms with Crippen LogP contribution in [0.4, 0.5) is 17.1 Å². The SMILES string of the molecule is CC12C=CC=CC1c1cc3c4c(c1S2)c1ccccc1n4-c1cc(N(c2ccccc2)c2ccc(-c4ccccc4)cc2)ccc1C31c2ccccc2-c2ccccc21. The van der Waals surface area contributed by atoms with Gasteiger partial charge in [0.25, 0.3) is 0 Å². The second-order valence-electron chi connectivity index (χ2n) is 16.6. The van der Waals surface area contributed by atoms with E-state index < -0.39 is 5.41 Å². The summed E-state index contributed by atoms with van der Waals surface area (Å²) in [5.41, 5.74) is 18.5. The van der Waals surface area contributed by atoms with Gasteiger partial charge in [0.15, 0.2) is 0 Å². The Balaban J connectivity index is 1.15. The zero-order valence-corrected chi connectivity index (χ0v) is 33.3. The van der Waals surface area contributed by atoms with Crippen LogP contribution in [0.15, 0.2) is 211 Å². The lowest BCUT2D eigenvalue weighted by Gasteiger charge is -2.40. The van der Waals surface area contributed by atoms with E-state index in [4.69, 9.17) is 0 Å². The summed E-state index contributed by atoms with van der Waals surface area (Å²) in [6.07, 6.45) is 9.36. The average molecular weight is 771 g/mol. The molecule has 2 nitrogen and oxygen atoms in total. The highest BCUT2D eigenvalue weighted by atomic mass is 32.2. The molecule has 0 N–H and O–H groups in total. The van der Waals surface area contributed by atoms with Crippen LogP contribution in [0.3, 0.4) is 0 Å². The van der Waals surface area contributed by atoms with Gasteiger partial charge in [-0.3, -0.25) is 0 Å². The predicted octanol–water partition coefficient (Wildman–Crippen LogP) is 14.7. The first-order chi connectivity index (χ1) is 29.1. The Morgan fingerprint density at radius 2 is 1.17 bits per heavy atom. The lowest BCUT2D eigenvalue weighted by molar-refractivity contribution is 0.695. The number of anilines is 3. The smallest absolute Gasteiger partial charge is 0.0754 e. The van der Waals surface area contributed by atoms with E-state index in [1.165, 1.54) is 82.5 Å². The van der Waals surface area contributed by atoms with Crippen molar-refractivity contribution >= 4 is 50.6 Å². The summed E-state index contributed by atoms with van der Waals surface area (Å²) in [5.74, 6) is 0.288. The number of nitrogens with zero attached hydrogens (tertiary/aromatic N) is 2. The van der Waals surface area contributed by atoms with Crippen LogP contribution in [-0.4, -0.2) is 9.31 Å². The maximum Gasteiger partial charge on any atom is 0.0754 e. The normalized spacial score (nSPS) is 18.4. The molecule has 13 rings (SSSR count). The van der Waals surface area contributed by atoms with Gasteiger partial charge in [-0.2, -0.15) is 0 Å². The first kappa shape index (κ1) is 33.2. The molecule has 8 aromatic carbocycles. The zero-order valence-electron chi connectivity index (χ0n) is 32.5. The maximum absolute atomic E-state index is 2.62. The quantitative estimate of drug-likeness (QED) is 0.176. The van der Waals surface area contributed by atoms with E-state index in [0.29, 0.717) is 0 Å². The van der Waals surface area contributed by atoms with Gasteiger partial charge in [0.2, 0.25) is 0 Å². The van der Waals surface area contributed by atoms with E-state index in [-0.39, 0.29) is 10.7 Å². The summed E-state index contributed by atoms with van der Waals surface area (Å²) in [5, 5.41) is 2.69. The number of benzene rings is 8. The van der Waals surface area contributed by atoms with Crippen molar-refractivity contribution in [1.29, 1.82) is 0 Å². The molecule has 3 heteroatoms. The molecular formula is C56H38N2S. The topological polar surface area (TPSA) is 8.17 Å². The highest BCUT2D eigenvalue weighted by molar-refractivity contribution is 8.01. The second kappa shape index (κ2) is 12.1. The van der Waals surface area contributed by atoms with Crippen molar-refractivity contribution in [3.63, 3.8) is 0 Å². The minimum absolute atomic E-state index is 0.0508. The van der Waals surface area contributed by atoms with Crippen LogP contribution in [0.25, 0.3) is 49.7 Å². The second-order valence-corrected chi connectivity index (χ2v) is 18.0. The standard InChI is InChI=1S/C56H38N2S/c1-55-33-15-14-23-45(55)44-35-49-53-52(54(44)59-55)43-22-10-13-26-50(43)58(53)51-34-40(31-32-48(51)56(49)46-24-11-8-20-41(46)42-21-9-12-25-47(42)56)57(38-18-6-3-7-19-38)39-29-27-37(28-30-39)36-16-4-2-5-17-36/h2-35,45H,1H3. The van der Waals surface area contributed by atoms with E-state index in [2.05, 4.69) is 223 Å². The van der Waals surface area contributed by atoms with E-state index >= 15 is 0 Å². The Kier molecular flexibility index (Phi) is 6.81. The summed E-state index contributed by atoms with van der Waals surface area (Å²) >= 11 is 2.05. The van der Waals surface area contributed by atoms with Crippen molar-refractivity contribution in [2.24, 2.45) is 0 Å². The summed E-state index contributed by atoms with van der Waals surface area (Å²) in [4.78, 5) is 3.83. The molecule has 0 saturated carbocycles. The van der Waals surface area contributed by atoms with Crippen LogP contribution in [-0.2, 0) is 5.41 Å². The number of thioether (sulfide) groups is 1. The van der Waals surface area contributed by atoms with Gasteiger partial charge in [-0.1, -0.05) is 164 Å². The van der Waals surface area contributed by atoms with Gasteiger partial charge >= 0.3 is 0 Å². The van der Waals surface area contributed by atoms with Gasteiger partial charge < -0.3 is 9.47 Å². The first-order valence-electron chi connectivity index (χ1n) is 20.6. The van der Waals surface area contributed by atoms with E-state index in [1.807, 2.05) is 11.8 Å². The Hall–Kier alpha value is -6.81. The molecule has 1 aromatic heterocycles. The summed E-state index contributed by atoms with van der Waals surface area (Å²) in [6, 6.07) is 67.9. The van der Waals surface area contributed by atoms with Gasteiger partial charge in [0.1, 0.15) is 0 Å². The molecule has 2 atom stereocenters. The Morgan fingerprint density at radius 1 is 0.542 bits per heavy atom. The van der Waals surface area contributed by atoms with E-state index in [1.54, 1.807) is 0 Å². The monoisotopic (exact) mass is 770 g/mol. The van der Waals surface area contributed by atoms with Gasteiger partial charge in [-0.25, -0.2) is 0 Å². The van der Waals surface area contributed by atoms with Crippen LogP contribution in [0, 0.1) is 0 Å². The van der Waals surface area contributed by atoms with E-state index in [0.717, 1.165) is 17.1 Å². The number of hydrogen-bond donors (Lipinski definition) is 0. The number of aromatic nitrogens is 1. The minimum atomic E-state index is -0.522. The fourth-order valence-electron chi connectivity index (χ4n) is 11.1. The summed E-state index contributed by atoms with van der Waals surface area (Å²) in [7, 11) is 0. The van der Waals surface area contributed by atoms with Gasteiger partial charge in [-0.05, 0) is 99.5 Å². The largest absolute Gasteiger partial charge is 0.310 e. The van der Waals surface area contributed by atoms with Crippen LogP contribution in [0.2, 0.25) is 0 Å². The average Bonchev–Trinajstić information content (AvgIpc) is 3.91. The Morgan fingerprint density at radius 3 is 1.93 bits per heavy atom. The number of fused-ring (bicyclic) bond motifs is 16. The number of para-hydroxylation sites is 2. The molecule has 59 heavy (non-hydrogen) atoms. The molecule has 9 aromatic rings. The third kappa shape index (κ3) is 4.38. The molecule has 2 aliphatic heterocycles. The third-order valence-electron chi connectivity index (χ3n) is 13.5. The summed E-state index contributed by atoms with van der Waals surface area (Å²) in [6.45, 7) is 2.42. The lowest BCUT2D eigenvalue weighted by atomic mass is 9.64. The van der Waals surface area contributed by atoms with Gasteiger partial charge in [0.05, 0.1) is 22.1 Å². The van der Waals surface area contributed by atoms with Crippen molar-refractivity contribution in [3.05, 3.63) is 234 Å². The molecule has 278 valence electrons. The number of rotatable bonds is 4. The first-order valence-corrected chi connectivity index (χ1v) is 21.5. The van der Waals surface area contributed by atoms with Gasteiger partial charge in [-0.15, -0.1) is 11.8 Å². The predicted molar refractivity (Wildman–Crippen MR) is 247 cm³/mol. The molecule has 2 aliphatic carbocycles. The van der Waals surface area contributed by atoms with Crippen LogP contribution < -0.4 is 4.90 Å². The molecule has 0 saturated heterocycles. The van der Waals surface area contributed by atoms with E-state index in [9.17, 15) is 0 Å². The zero-order chi connectivity index (χ0) is 38.9. The number of hydrogen-bond acceptors (Lipinski definition) is 2.